The molecule has 2 unspecified atom stereocenters. The van der Waals surface area contributed by atoms with Crippen molar-refractivity contribution in [3.63, 3.8) is 0 Å². The molecule has 0 radical (unpaired) electrons. The van der Waals surface area contributed by atoms with Crippen molar-refractivity contribution in [2.75, 3.05) is 16.4 Å². The molecule has 11 nitrogen and oxygen atoms in total. The highest BCUT2D eigenvalue weighted by molar-refractivity contribution is 7.99. The molecule has 2 aromatic rings. The number of aromatic nitrogens is 4. The van der Waals surface area contributed by atoms with Gasteiger partial charge in [0.05, 0.1) is 16.6 Å². The molecule has 13 heteroatoms. The van der Waals surface area contributed by atoms with Crippen LogP contribution < -0.4 is 4.90 Å². The van der Waals surface area contributed by atoms with Gasteiger partial charge in [-0.15, -0.1) is 5.10 Å². The number of carboxylic acid groups (broad SMARTS) is 1. The van der Waals surface area contributed by atoms with Crippen molar-refractivity contribution in [2.24, 2.45) is 7.05 Å². The van der Waals surface area contributed by atoms with Crippen molar-refractivity contribution in [3.05, 3.63) is 41.6 Å². The summed E-state index contributed by atoms with van der Waals surface area (Å²) in [4.78, 5) is 39.8. The summed E-state index contributed by atoms with van der Waals surface area (Å²) < 4.78 is 14.5. The number of nitrogens with zero attached hydrogens (tertiary/aromatic N) is 6. The average molecular weight is 463 g/mol. The van der Waals surface area contributed by atoms with Crippen molar-refractivity contribution in [1.82, 2.24) is 25.1 Å². The lowest BCUT2D eigenvalue weighted by Crippen LogP contribution is -2.74. The first-order valence-electron chi connectivity index (χ1n) is 9.16. The number of carboxylic acids is 1. The standard InChI is InChI=1S/C18H18N6O5S2/c1-10(25)23(12-6-4-3-5-7-12)14-15(26)24-13(17(27)28)11(9-31(29)16(14)24)8-30-18-19-20-21-22(18)2/h3-7,14,16H,8-9H2,1-2H3,(H,27,28)/t14?,16-,31?/m0/s1. The van der Waals surface area contributed by atoms with Crippen LogP contribution in [-0.2, 0) is 32.2 Å². The molecule has 1 aromatic heterocycles. The summed E-state index contributed by atoms with van der Waals surface area (Å²) in [5, 5.41) is 20.4. The molecule has 2 amide bonds. The van der Waals surface area contributed by atoms with E-state index in [0.29, 0.717) is 16.4 Å². The van der Waals surface area contributed by atoms with Gasteiger partial charge in [-0.25, -0.2) is 9.48 Å². The third-order valence-corrected chi connectivity index (χ3v) is 7.72. The third-order valence-electron chi connectivity index (χ3n) is 4.99. The van der Waals surface area contributed by atoms with Gasteiger partial charge in [0.2, 0.25) is 11.1 Å². The molecular weight excluding hydrogens is 444 g/mol. The quantitative estimate of drug-likeness (QED) is 0.464. The van der Waals surface area contributed by atoms with E-state index in [2.05, 4.69) is 15.5 Å². The number of rotatable bonds is 6. The first-order valence-corrected chi connectivity index (χ1v) is 11.5. The maximum Gasteiger partial charge on any atom is 0.352 e. The predicted molar refractivity (Wildman–Crippen MR) is 111 cm³/mol. The molecule has 162 valence electrons. The fourth-order valence-corrected chi connectivity index (χ4v) is 6.38. The van der Waals surface area contributed by atoms with Gasteiger partial charge in [0, 0.05) is 25.4 Å². The number of fused-ring (bicyclic) bond motifs is 1. The second-order valence-corrected chi connectivity index (χ2v) is 9.40. The van der Waals surface area contributed by atoms with E-state index >= 15 is 0 Å². The fourth-order valence-electron chi connectivity index (χ4n) is 3.67. The van der Waals surface area contributed by atoms with E-state index in [1.165, 1.54) is 28.3 Å². The maximum atomic E-state index is 13.1. The van der Waals surface area contributed by atoms with Crippen LogP contribution in [0.15, 0.2) is 46.8 Å². The molecule has 1 saturated heterocycles. The molecule has 1 aromatic carbocycles. The molecule has 3 heterocycles. The number of amides is 2. The Morgan fingerprint density at radius 3 is 2.61 bits per heavy atom. The Kier molecular flexibility index (Phi) is 5.62. The predicted octanol–water partition coefficient (Wildman–Crippen LogP) is -0.00680. The number of aliphatic carboxylic acids is 1. The van der Waals surface area contributed by atoms with Crippen LogP contribution in [0.2, 0.25) is 0 Å². The number of benzene rings is 1. The van der Waals surface area contributed by atoms with Crippen molar-refractivity contribution >= 4 is 46.0 Å². The summed E-state index contributed by atoms with van der Waals surface area (Å²) in [6, 6.07) is 7.55. The lowest BCUT2D eigenvalue weighted by atomic mass is 10.0. The zero-order valence-electron chi connectivity index (χ0n) is 16.5. The molecule has 1 N–H and O–H groups in total. The molecule has 0 spiro atoms. The van der Waals surface area contributed by atoms with Gasteiger partial charge in [-0.3, -0.25) is 23.6 Å². The molecule has 0 bridgehead atoms. The normalized spacial score (nSPS) is 22.7. The second kappa shape index (κ2) is 8.23. The van der Waals surface area contributed by atoms with E-state index in [9.17, 15) is 23.7 Å². The summed E-state index contributed by atoms with van der Waals surface area (Å²) in [6.45, 7) is 1.32. The van der Waals surface area contributed by atoms with Crippen LogP contribution in [0.25, 0.3) is 0 Å². The molecule has 2 aliphatic rings. The number of tetrazole rings is 1. The van der Waals surface area contributed by atoms with Crippen LogP contribution in [0.3, 0.4) is 0 Å². The SMILES string of the molecule is CC(=O)N(c1ccccc1)C1C(=O)N2C(C(=O)O)=C(CSc3nnnn3C)CS(=O)[C@@H]12. The van der Waals surface area contributed by atoms with E-state index in [0.717, 1.165) is 4.90 Å². The van der Waals surface area contributed by atoms with Crippen molar-refractivity contribution in [2.45, 2.75) is 23.5 Å². The van der Waals surface area contributed by atoms with Crippen molar-refractivity contribution < 1.29 is 23.7 Å². The van der Waals surface area contributed by atoms with E-state index in [-0.39, 0.29) is 17.2 Å². The number of aryl methyl sites for hydroxylation is 1. The number of carbonyl (C=O) groups excluding carboxylic acids is 2. The number of thioether (sulfide) groups is 1. The van der Waals surface area contributed by atoms with Gasteiger partial charge in [0.15, 0.2) is 0 Å². The van der Waals surface area contributed by atoms with Crippen LogP contribution in [0.1, 0.15) is 6.92 Å². The Bertz CT molecular complexity index is 1120. The highest BCUT2D eigenvalue weighted by Crippen LogP contribution is 2.40. The number of anilines is 1. The van der Waals surface area contributed by atoms with E-state index in [4.69, 9.17) is 0 Å². The first kappa shape index (κ1) is 21.2. The van der Waals surface area contributed by atoms with Gasteiger partial charge in [-0.1, -0.05) is 30.0 Å². The number of β-lactam (4-membered cyclic amide) rings is 1. The Morgan fingerprint density at radius 1 is 1.32 bits per heavy atom. The summed E-state index contributed by atoms with van der Waals surface area (Å²) >= 11 is 1.19. The van der Waals surface area contributed by atoms with Gasteiger partial charge in [0.25, 0.3) is 5.91 Å². The Balaban J connectivity index is 1.66. The highest BCUT2D eigenvalue weighted by atomic mass is 32.2. The van der Waals surface area contributed by atoms with Gasteiger partial charge in [-0.2, -0.15) is 0 Å². The first-order chi connectivity index (χ1) is 14.8. The van der Waals surface area contributed by atoms with Crippen LogP contribution in [0.4, 0.5) is 5.69 Å². The van der Waals surface area contributed by atoms with Gasteiger partial charge < -0.3 is 5.11 Å². The van der Waals surface area contributed by atoms with Crippen LogP contribution in [0, 0.1) is 0 Å². The third kappa shape index (κ3) is 3.63. The van der Waals surface area contributed by atoms with Crippen molar-refractivity contribution in [1.29, 1.82) is 0 Å². The molecule has 2 aliphatic heterocycles. The number of hydrogen-bond donors (Lipinski definition) is 1. The lowest BCUT2D eigenvalue weighted by molar-refractivity contribution is -0.149. The zero-order chi connectivity index (χ0) is 22.3. The Morgan fingerprint density at radius 2 is 2.03 bits per heavy atom. The minimum absolute atomic E-state index is 0.0224. The van der Waals surface area contributed by atoms with Crippen LogP contribution in [0.5, 0.6) is 0 Å². The second-order valence-electron chi connectivity index (χ2n) is 6.92. The monoisotopic (exact) mass is 462 g/mol. The highest BCUT2D eigenvalue weighted by Gasteiger charge is 2.59. The average Bonchev–Trinajstić information content (AvgIpc) is 3.14. The summed E-state index contributed by atoms with van der Waals surface area (Å²) in [5.41, 5.74) is 0.656. The minimum atomic E-state index is -1.59. The molecule has 4 rings (SSSR count). The largest absolute Gasteiger partial charge is 0.477 e. The van der Waals surface area contributed by atoms with E-state index in [1.54, 1.807) is 37.4 Å². The molecule has 0 saturated carbocycles. The van der Waals surface area contributed by atoms with E-state index in [1.807, 2.05) is 0 Å². The Hall–Kier alpha value is -3.06. The van der Waals surface area contributed by atoms with Crippen LogP contribution in [-0.4, -0.2) is 75.1 Å². The van der Waals surface area contributed by atoms with Gasteiger partial charge in [0.1, 0.15) is 17.1 Å². The van der Waals surface area contributed by atoms with Crippen LogP contribution >= 0.6 is 11.8 Å². The summed E-state index contributed by atoms with van der Waals surface area (Å²) in [6.07, 6.45) is 0. The number of hydrogen-bond acceptors (Lipinski definition) is 8. The molecule has 3 atom stereocenters. The molecule has 31 heavy (non-hydrogen) atoms. The Labute approximate surface area is 183 Å². The van der Waals surface area contributed by atoms with E-state index < -0.39 is 40.0 Å². The fraction of sp³-hybridized carbons (Fsp3) is 0.333. The molecule has 1 fully saturated rings. The summed E-state index contributed by atoms with van der Waals surface area (Å²) in [5.74, 6) is -2.10. The maximum absolute atomic E-state index is 13.1. The topological polar surface area (TPSA) is 139 Å². The molecular formula is C18H18N6O5S2. The van der Waals surface area contributed by atoms with Crippen molar-refractivity contribution in [3.8, 4) is 0 Å². The minimum Gasteiger partial charge on any atom is -0.477 e. The van der Waals surface area contributed by atoms with Gasteiger partial charge in [-0.05, 0) is 28.1 Å². The number of carbonyl (C=O) groups is 3. The number of para-hydroxylation sites is 1. The lowest BCUT2D eigenvalue weighted by Gasteiger charge is -2.52. The molecule has 0 aliphatic carbocycles. The zero-order valence-corrected chi connectivity index (χ0v) is 18.2. The van der Waals surface area contributed by atoms with Gasteiger partial charge >= 0.3 is 5.97 Å². The summed E-state index contributed by atoms with van der Waals surface area (Å²) in [7, 11) is 0.0536. The smallest absolute Gasteiger partial charge is 0.352 e.